The molecule has 1 saturated heterocycles. The molecule has 1 fully saturated rings. The van der Waals surface area contributed by atoms with Crippen LogP contribution < -0.4 is 10.1 Å². The van der Waals surface area contributed by atoms with Gasteiger partial charge in [0.1, 0.15) is 11.5 Å². The van der Waals surface area contributed by atoms with Gasteiger partial charge >= 0.3 is 5.97 Å². The molecule has 11 nitrogen and oxygen atoms in total. The van der Waals surface area contributed by atoms with Gasteiger partial charge in [-0.15, -0.1) is 10.2 Å². The number of aromatic carboxylic acids is 1. The lowest BCUT2D eigenvalue weighted by atomic mass is 10.0. The largest absolute Gasteiger partial charge is 0.478 e. The number of nitrogens with one attached hydrogen (secondary N) is 1. The van der Waals surface area contributed by atoms with Crippen molar-refractivity contribution in [2.24, 2.45) is 7.05 Å². The summed E-state index contributed by atoms with van der Waals surface area (Å²) in [5, 5.41) is 24.1. The summed E-state index contributed by atoms with van der Waals surface area (Å²) in [4.78, 5) is 29.7. The Morgan fingerprint density at radius 3 is 2.20 bits per heavy atom. The minimum atomic E-state index is -0.911. The summed E-state index contributed by atoms with van der Waals surface area (Å²) >= 11 is 0. The van der Waals surface area contributed by atoms with E-state index in [2.05, 4.69) is 30.5 Å². The summed E-state index contributed by atoms with van der Waals surface area (Å²) < 4.78 is 5.93. The number of carbonyl (C=O) groups is 2. The Bertz CT molecular complexity index is 1460. The van der Waals surface area contributed by atoms with Crippen molar-refractivity contribution < 1.29 is 19.4 Å². The summed E-state index contributed by atoms with van der Waals surface area (Å²) in [5.74, 6) is 0.923. The average Bonchev–Trinajstić information content (AvgIpc) is 3.41. The van der Waals surface area contributed by atoms with Crippen LogP contribution in [0.2, 0.25) is 0 Å². The molecule has 212 valence electrons. The zero-order chi connectivity index (χ0) is 28.8. The molecule has 4 aromatic rings. The highest BCUT2D eigenvalue weighted by Gasteiger charge is 2.24. The first-order valence-electron chi connectivity index (χ1n) is 13.5. The zero-order valence-corrected chi connectivity index (χ0v) is 23.1. The van der Waals surface area contributed by atoms with Crippen molar-refractivity contribution in [3.63, 3.8) is 0 Å². The van der Waals surface area contributed by atoms with E-state index in [-0.39, 0.29) is 5.91 Å². The van der Waals surface area contributed by atoms with E-state index in [4.69, 9.17) is 9.84 Å². The fourth-order valence-electron chi connectivity index (χ4n) is 4.90. The van der Waals surface area contributed by atoms with E-state index in [1.165, 1.54) is 4.80 Å². The Labute approximate surface area is 238 Å². The third kappa shape index (κ3) is 7.53. The zero-order valence-electron chi connectivity index (χ0n) is 23.1. The van der Waals surface area contributed by atoms with Crippen molar-refractivity contribution in [1.29, 1.82) is 0 Å². The second-order valence-electron chi connectivity index (χ2n) is 10.2. The second-order valence-corrected chi connectivity index (χ2v) is 10.2. The van der Waals surface area contributed by atoms with E-state index in [0.717, 1.165) is 43.6 Å². The van der Waals surface area contributed by atoms with Gasteiger partial charge < -0.3 is 15.2 Å². The lowest BCUT2D eigenvalue weighted by molar-refractivity contribution is -0.117. The first kappa shape index (κ1) is 27.9. The van der Waals surface area contributed by atoms with Crippen molar-refractivity contribution in [3.8, 4) is 22.9 Å². The van der Waals surface area contributed by atoms with Crippen LogP contribution in [-0.2, 0) is 18.4 Å². The third-order valence-electron chi connectivity index (χ3n) is 7.18. The molecular weight excluding hydrogens is 522 g/mol. The summed E-state index contributed by atoms with van der Waals surface area (Å²) in [5.41, 5.74) is 2.97. The highest BCUT2D eigenvalue weighted by molar-refractivity contribution is 5.92. The SMILES string of the molecule is CN(CC(=O)Nc1ccc(Oc2ccc(-c3nnn(C)n3)cc2)cc1)C1CCN(Cc2ccc(C(=O)O)cc2)CC1. The van der Waals surface area contributed by atoms with E-state index in [9.17, 15) is 9.59 Å². The summed E-state index contributed by atoms with van der Waals surface area (Å²) in [6, 6.07) is 22.1. The number of benzene rings is 3. The van der Waals surface area contributed by atoms with Crippen LogP contribution in [-0.4, -0.2) is 79.7 Å². The number of carboxylic acids is 1. The van der Waals surface area contributed by atoms with Crippen LogP contribution in [0, 0.1) is 0 Å². The monoisotopic (exact) mass is 555 g/mol. The van der Waals surface area contributed by atoms with Gasteiger partial charge in [-0.05, 0) is 104 Å². The first-order chi connectivity index (χ1) is 19.8. The van der Waals surface area contributed by atoms with Crippen LogP contribution in [0.15, 0.2) is 72.8 Å². The highest BCUT2D eigenvalue weighted by Crippen LogP contribution is 2.25. The lowest BCUT2D eigenvalue weighted by Crippen LogP contribution is -2.45. The van der Waals surface area contributed by atoms with Crippen molar-refractivity contribution in [2.45, 2.75) is 25.4 Å². The van der Waals surface area contributed by atoms with Crippen LogP contribution in [0.4, 0.5) is 5.69 Å². The van der Waals surface area contributed by atoms with E-state index >= 15 is 0 Å². The molecule has 1 aromatic heterocycles. The van der Waals surface area contributed by atoms with Crippen molar-refractivity contribution in [2.75, 3.05) is 32.0 Å². The van der Waals surface area contributed by atoms with E-state index in [0.29, 0.717) is 41.2 Å². The third-order valence-corrected chi connectivity index (χ3v) is 7.18. The Morgan fingerprint density at radius 1 is 0.976 bits per heavy atom. The van der Waals surface area contributed by atoms with Gasteiger partial charge in [-0.3, -0.25) is 14.6 Å². The van der Waals surface area contributed by atoms with Gasteiger partial charge in [-0.2, -0.15) is 4.80 Å². The van der Waals surface area contributed by atoms with Crippen molar-refractivity contribution in [3.05, 3.63) is 83.9 Å². The molecule has 1 amide bonds. The Morgan fingerprint density at radius 2 is 1.61 bits per heavy atom. The van der Waals surface area contributed by atoms with E-state index in [1.54, 1.807) is 19.2 Å². The summed E-state index contributed by atoms with van der Waals surface area (Å²) in [7, 11) is 3.71. The van der Waals surface area contributed by atoms with Crippen LogP contribution in [0.5, 0.6) is 11.5 Å². The number of piperidine rings is 1. The van der Waals surface area contributed by atoms with Gasteiger partial charge in [0.15, 0.2) is 0 Å². The van der Waals surface area contributed by atoms with E-state index in [1.807, 2.05) is 67.7 Å². The molecule has 41 heavy (non-hydrogen) atoms. The number of aromatic nitrogens is 4. The van der Waals surface area contributed by atoms with Gasteiger partial charge in [0.05, 0.1) is 19.2 Å². The molecule has 0 bridgehead atoms. The minimum absolute atomic E-state index is 0.0599. The van der Waals surface area contributed by atoms with Crippen LogP contribution in [0.1, 0.15) is 28.8 Å². The Kier molecular flexibility index (Phi) is 8.66. The standard InChI is InChI=1S/C30H33N7O4/c1-35(25-15-17-37(18-16-25)19-21-3-5-23(6-4-21)30(39)40)20-28(38)31-24-9-13-27(14-10-24)41-26-11-7-22(8-12-26)29-32-34-36(2)33-29/h3-14,25H,15-20H2,1-2H3,(H,31,38)(H,39,40). The number of nitrogens with zero attached hydrogens (tertiary/aromatic N) is 6. The number of rotatable bonds is 10. The molecule has 0 spiro atoms. The normalized spacial score (nSPS) is 14.2. The number of hydrogen-bond acceptors (Lipinski definition) is 8. The smallest absolute Gasteiger partial charge is 0.335 e. The summed E-state index contributed by atoms with van der Waals surface area (Å²) in [6.07, 6.45) is 1.94. The number of ether oxygens (including phenoxy) is 1. The number of tetrazole rings is 1. The highest BCUT2D eigenvalue weighted by atomic mass is 16.5. The maximum atomic E-state index is 12.7. The molecule has 0 aliphatic carbocycles. The molecule has 0 radical (unpaired) electrons. The van der Waals surface area contributed by atoms with Gasteiger partial charge in [-0.25, -0.2) is 4.79 Å². The molecule has 3 aromatic carbocycles. The topological polar surface area (TPSA) is 126 Å². The molecular formula is C30H33N7O4. The quantitative estimate of drug-likeness (QED) is 0.300. The maximum absolute atomic E-state index is 12.7. The second kappa shape index (κ2) is 12.7. The van der Waals surface area contributed by atoms with Crippen LogP contribution in [0.25, 0.3) is 11.4 Å². The molecule has 5 rings (SSSR count). The van der Waals surface area contributed by atoms with Crippen molar-refractivity contribution >= 4 is 17.6 Å². The molecule has 1 aliphatic heterocycles. The number of anilines is 1. The fourth-order valence-corrected chi connectivity index (χ4v) is 4.90. The number of carbonyl (C=O) groups excluding carboxylic acids is 1. The van der Waals surface area contributed by atoms with Gasteiger partial charge in [0, 0.05) is 23.8 Å². The molecule has 2 heterocycles. The number of likely N-dealkylation sites (tertiary alicyclic amines) is 1. The predicted octanol–water partition coefficient (Wildman–Crippen LogP) is 3.90. The average molecular weight is 556 g/mol. The first-order valence-corrected chi connectivity index (χ1v) is 13.5. The van der Waals surface area contributed by atoms with Crippen LogP contribution in [0.3, 0.4) is 0 Å². The molecule has 11 heteroatoms. The van der Waals surface area contributed by atoms with E-state index < -0.39 is 5.97 Å². The minimum Gasteiger partial charge on any atom is -0.478 e. The van der Waals surface area contributed by atoms with Gasteiger partial charge in [0.2, 0.25) is 11.7 Å². The number of aryl methyl sites for hydroxylation is 1. The summed E-state index contributed by atoms with van der Waals surface area (Å²) in [6.45, 7) is 2.96. The fraction of sp³-hybridized carbons (Fsp3) is 0.300. The number of carboxylic acid groups (broad SMARTS) is 1. The van der Waals surface area contributed by atoms with Gasteiger partial charge in [-0.1, -0.05) is 12.1 Å². The molecule has 0 atom stereocenters. The van der Waals surface area contributed by atoms with Crippen LogP contribution >= 0.6 is 0 Å². The van der Waals surface area contributed by atoms with Crippen molar-refractivity contribution in [1.82, 2.24) is 30.0 Å². The maximum Gasteiger partial charge on any atom is 0.335 e. The molecule has 0 unspecified atom stereocenters. The molecule has 2 N–H and O–H groups in total. The number of hydrogen-bond donors (Lipinski definition) is 2. The predicted molar refractivity (Wildman–Crippen MR) is 154 cm³/mol. The molecule has 0 saturated carbocycles. The Balaban J connectivity index is 1.04. The lowest BCUT2D eigenvalue weighted by Gasteiger charge is -2.36. The molecule has 1 aliphatic rings. The Hall–Kier alpha value is -4.61. The number of amides is 1. The number of likely N-dealkylation sites (N-methyl/N-ethyl adjacent to an activating group) is 1. The van der Waals surface area contributed by atoms with Gasteiger partial charge in [0.25, 0.3) is 0 Å².